The molecule has 3 heterocycles. The predicted octanol–water partition coefficient (Wildman–Crippen LogP) is 3.32. The highest BCUT2D eigenvalue weighted by Gasteiger charge is 2.15. The molecule has 1 aliphatic rings. The molecule has 8 heteroatoms. The van der Waals surface area contributed by atoms with E-state index in [0.29, 0.717) is 19.6 Å². The van der Waals surface area contributed by atoms with Crippen LogP contribution in [0.3, 0.4) is 0 Å². The Bertz CT molecular complexity index is 855. The van der Waals surface area contributed by atoms with Crippen molar-refractivity contribution >= 4 is 28.0 Å². The molecule has 1 aliphatic heterocycles. The largest absolute Gasteiger partial charge is 0.491 e. The lowest BCUT2D eigenvalue weighted by atomic mass is 10.2. The van der Waals surface area contributed by atoms with Crippen molar-refractivity contribution in [1.29, 1.82) is 0 Å². The number of carbonyl (C=O) groups is 1. The van der Waals surface area contributed by atoms with Gasteiger partial charge in [0.05, 0.1) is 11.8 Å². The third kappa shape index (κ3) is 4.78. The standard InChI is InChI=1S/C19H22N4O3S/c24-18(20-8-7-15-12-23-9-11-27-19(23)22-15)21-14-3-5-16(6-4-14)26-13-17-2-1-10-25-17/h3-6,9,11-12,17H,1-2,7-8,10,13H2,(H2,20,21,24)/t17-/m0/s1. The van der Waals surface area contributed by atoms with Gasteiger partial charge in [0, 0.05) is 43.0 Å². The summed E-state index contributed by atoms with van der Waals surface area (Å²) in [5.41, 5.74) is 1.69. The van der Waals surface area contributed by atoms with E-state index in [0.717, 1.165) is 41.5 Å². The monoisotopic (exact) mass is 386 g/mol. The van der Waals surface area contributed by atoms with Gasteiger partial charge < -0.3 is 20.1 Å². The zero-order valence-corrected chi connectivity index (χ0v) is 15.7. The average Bonchev–Trinajstić information content (AvgIpc) is 3.39. The van der Waals surface area contributed by atoms with Crippen LogP contribution in [0.2, 0.25) is 0 Å². The molecular weight excluding hydrogens is 364 g/mol. The predicted molar refractivity (Wildman–Crippen MR) is 105 cm³/mol. The lowest BCUT2D eigenvalue weighted by molar-refractivity contribution is 0.0679. The smallest absolute Gasteiger partial charge is 0.319 e. The lowest BCUT2D eigenvalue weighted by Crippen LogP contribution is -2.30. The molecule has 2 N–H and O–H groups in total. The van der Waals surface area contributed by atoms with Gasteiger partial charge in [-0.3, -0.25) is 4.40 Å². The fourth-order valence-electron chi connectivity index (χ4n) is 2.98. The van der Waals surface area contributed by atoms with Crippen LogP contribution in [0.25, 0.3) is 4.96 Å². The highest BCUT2D eigenvalue weighted by Crippen LogP contribution is 2.18. The number of imidazole rings is 1. The number of amides is 2. The molecule has 1 aromatic carbocycles. The first-order chi connectivity index (χ1) is 13.3. The first-order valence-corrected chi connectivity index (χ1v) is 9.94. The van der Waals surface area contributed by atoms with Crippen LogP contribution < -0.4 is 15.4 Å². The Morgan fingerprint density at radius 1 is 1.37 bits per heavy atom. The molecule has 0 saturated carbocycles. The normalized spacial score (nSPS) is 16.5. The number of rotatable bonds is 7. The number of benzene rings is 1. The minimum Gasteiger partial charge on any atom is -0.491 e. The number of nitrogens with one attached hydrogen (secondary N) is 2. The van der Waals surface area contributed by atoms with Crippen molar-refractivity contribution in [2.75, 3.05) is 25.1 Å². The molecule has 0 bridgehead atoms. The molecular formula is C19H22N4O3S. The summed E-state index contributed by atoms with van der Waals surface area (Å²) in [6.45, 7) is 1.92. The lowest BCUT2D eigenvalue weighted by Gasteiger charge is -2.12. The minimum atomic E-state index is -0.232. The van der Waals surface area contributed by atoms with E-state index in [-0.39, 0.29) is 12.1 Å². The van der Waals surface area contributed by atoms with Gasteiger partial charge in [-0.2, -0.15) is 0 Å². The number of hydrogen-bond donors (Lipinski definition) is 2. The molecule has 1 fully saturated rings. The topological polar surface area (TPSA) is 76.9 Å². The first kappa shape index (κ1) is 17.8. The number of hydrogen-bond acceptors (Lipinski definition) is 5. The molecule has 0 unspecified atom stereocenters. The number of thiazole rings is 1. The van der Waals surface area contributed by atoms with Crippen LogP contribution in [-0.2, 0) is 11.2 Å². The Morgan fingerprint density at radius 3 is 3.04 bits per heavy atom. The zero-order valence-electron chi connectivity index (χ0n) is 14.9. The molecule has 0 spiro atoms. The molecule has 0 radical (unpaired) electrons. The maximum absolute atomic E-state index is 12.0. The summed E-state index contributed by atoms with van der Waals surface area (Å²) < 4.78 is 13.2. The van der Waals surface area contributed by atoms with Gasteiger partial charge in [-0.25, -0.2) is 9.78 Å². The first-order valence-electron chi connectivity index (χ1n) is 9.07. The Kier molecular flexibility index (Phi) is 5.55. The Labute approximate surface area is 161 Å². The van der Waals surface area contributed by atoms with Gasteiger partial charge >= 0.3 is 6.03 Å². The highest BCUT2D eigenvalue weighted by molar-refractivity contribution is 7.15. The van der Waals surface area contributed by atoms with Crippen molar-refractivity contribution in [2.24, 2.45) is 0 Å². The van der Waals surface area contributed by atoms with Crippen LogP contribution in [0.1, 0.15) is 18.5 Å². The fourth-order valence-corrected chi connectivity index (χ4v) is 3.69. The summed E-state index contributed by atoms with van der Waals surface area (Å²) in [5.74, 6) is 0.774. The van der Waals surface area contributed by atoms with E-state index in [9.17, 15) is 4.79 Å². The molecule has 3 aromatic rings. The van der Waals surface area contributed by atoms with E-state index < -0.39 is 0 Å². The molecule has 142 valence electrons. The molecule has 0 aliphatic carbocycles. The van der Waals surface area contributed by atoms with E-state index in [1.165, 1.54) is 0 Å². The number of aromatic nitrogens is 2. The Morgan fingerprint density at radius 2 is 2.26 bits per heavy atom. The molecule has 2 amide bonds. The quantitative estimate of drug-likeness (QED) is 0.653. The fraction of sp³-hybridized carbons (Fsp3) is 0.368. The summed E-state index contributed by atoms with van der Waals surface area (Å²) in [7, 11) is 0. The van der Waals surface area contributed by atoms with Crippen molar-refractivity contribution in [3.05, 3.63) is 47.7 Å². The van der Waals surface area contributed by atoms with E-state index in [1.54, 1.807) is 11.3 Å². The van der Waals surface area contributed by atoms with E-state index in [2.05, 4.69) is 15.6 Å². The summed E-state index contributed by atoms with van der Waals surface area (Å²) >= 11 is 1.60. The van der Waals surface area contributed by atoms with Crippen molar-refractivity contribution in [1.82, 2.24) is 14.7 Å². The van der Waals surface area contributed by atoms with Gasteiger partial charge in [-0.1, -0.05) is 0 Å². The second-order valence-electron chi connectivity index (χ2n) is 6.43. The van der Waals surface area contributed by atoms with Crippen LogP contribution in [0.4, 0.5) is 10.5 Å². The maximum Gasteiger partial charge on any atom is 0.319 e. The second-order valence-corrected chi connectivity index (χ2v) is 7.30. The van der Waals surface area contributed by atoms with Gasteiger partial charge in [-0.15, -0.1) is 11.3 Å². The number of fused-ring (bicyclic) bond motifs is 1. The number of anilines is 1. The molecule has 4 rings (SSSR count). The molecule has 7 nitrogen and oxygen atoms in total. The number of ether oxygens (including phenoxy) is 2. The molecule has 1 atom stereocenters. The SMILES string of the molecule is O=C(NCCc1cn2ccsc2n1)Nc1ccc(OC[C@@H]2CCCO2)cc1. The highest BCUT2D eigenvalue weighted by atomic mass is 32.1. The summed E-state index contributed by atoms with van der Waals surface area (Å²) in [6.07, 6.45) is 7.01. The van der Waals surface area contributed by atoms with Crippen LogP contribution >= 0.6 is 11.3 Å². The average molecular weight is 386 g/mol. The summed E-state index contributed by atoms with van der Waals surface area (Å²) in [6, 6.07) is 7.12. The zero-order chi connectivity index (χ0) is 18.5. The summed E-state index contributed by atoms with van der Waals surface area (Å²) in [4.78, 5) is 17.5. The molecule has 27 heavy (non-hydrogen) atoms. The van der Waals surface area contributed by atoms with E-state index >= 15 is 0 Å². The third-order valence-electron chi connectivity index (χ3n) is 4.38. The molecule has 2 aromatic heterocycles. The van der Waals surface area contributed by atoms with Gasteiger partial charge in [0.15, 0.2) is 4.96 Å². The van der Waals surface area contributed by atoms with E-state index in [4.69, 9.17) is 9.47 Å². The third-order valence-corrected chi connectivity index (χ3v) is 5.15. The van der Waals surface area contributed by atoms with Gasteiger partial charge in [0.1, 0.15) is 12.4 Å². The Balaban J connectivity index is 1.18. The van der Waals surface area contributed by atoms with E-state index in [1.807, 2.05) is 46.4 Å². The second kappa shape index (κ2) is 8.41. The summed E-state index contributed by atoms with van der Waals surface area (Å²) in [5, 5.41) is 7.67. The van der Waals surface area contributed by atoms with Crippen molar-refractivity contribution < 1.29 is 14.3 Å². The number of carbonyl (C=O) groups excluding carboxylic acids is 1. The van der Waals surface area contributed by atoms with Crippen LogP contribution in [0, 0.1) is 0 Å². The van der Waals surface area contributed by atoms with Crippen LogP contribution in [0.5, 0.6) is 5.75 Å². The van der Waals surface area contributed by atoms with Crippen LogP contribution in [-0.4, -0.2) is 41.3 Å². The van der Waals surface area contributed by atoms with Gasteiger partial charge in [0.25, 0.3) is 0 Å². The van der Waals surface area contributed by atoms with Crippen molar-refractivity contribution in [3.8, 4) is 5.75 Å². The Hall–Kier alpha value is -2.58. The number of nitrogens with zero attached hydrogens (tertiary/aromatic N) is 2. The minimum absolute atomic E-state index is 0.194. The van der Waals surface area contributed by atoms with Gasteiger partial charge in [0.2, 0.25) is 0 Å². The number of urea groups is 1. The molecule has 1 saturated heterocycles. The van der Waals surface area contributed by atoms with Gasteiger partial charge in [-0.05, 0) is 37.1 Å². The van der Waals surface area contributed by atoms with Crippen LogP contribution in [0.15, 0.2) is 42.0 Å². The maximum atomic E-state index is 12.0. The van der Waals surface area contributed by atoms with Crippen molar-refractivity contribution in [2.45, 2.75) is 25.4 Å². The van der Waals surface area contributed by atoms with Crippen molar-refractivity contribution in [3.63, 3.8) is 0 Å².